The van der Waals surface area contributed by atoms with Gasteiger partial charge in [0.15, 0.2) is 11.5 Å². The van der Waals surface area contributed by atoms with Crippen LogP contribution >= 0.6 is 0 Å². The molecule has 0 radical (unpaired) electrons. The molecule has 0 aliphatic carbocycles. The molecule has 2 aromatic carbocycles. The summed E-state index contributed by atoms with van der Waals surface area (Å²) in [5, 5.41) is 3.95. The molecular formula is C22H22FN3O4. The van der Waals surface area contributed by atoms with Gasteiger partial charge in [0, 0.05) is 32.2 Å². The summed E-state index contributed by atoms with van der Waals surface area (Å²) in [5.74, 6) is 1.16. The number of methoxy groups -OCH3 is 2. The van der Waals surface area contributed by atoms with E-state index in [2.05, 4.69) is 5.16 Å². The number of hydrogen-bond donors (Lipinski definition) is 0. The average molecular weight is 411 g/mol. The Kier molecular flexibility index (Phi) is 5.56. The lowest BCUT2D eigenvalue weighted by atomic mass is 10.1. The minimum atomic E-state index is -0.259. The molecular weight excluding hydrogens is 389 g/mol. The minimum absolute atomic E-state index is 0.217. The van der Waals surface area contributed by atoms with E-state index in [-0.39, 0.29) is 17.4 Å². The Morgan fingerprint density at radius 3 is 2.50 bits per heavy atom. The van der Waals surface area contributed by atoms with Gasteiger partial charge in [-0.15, -0.1) is 0 Å². The maximum Gasteiger partial charge on any atom is 0.276 e. The van der Waals surface area contributed by atoms with Gasteiger partial charge < -0.3 is 23.8 Å². The maximum absolute atomic E-state index is 14.0. The number of amides is 1. The predicted octanol–water partition coefficient (Wildman–Crippen LogP) is 3.46. The van der Waals surface area contributed by atoms with E-state index in [1.165, 1.54) is 6.07 Å². The van der Waals surface area contributed by atoms with E-state index in [0.717, 1.165) is 0 Å². The fourth-order valence-electron chi connectivity index (χ4n) is 3.53. The number of halogens is 1. The Morgan fingerprint density at radius 1 is 1.03 bits per heavy atom. The van der Waals surface area contributed by atoms with Crippen LogP contribution in [0.1, 0.15) is 10.5 Å². The number of carbonyl (C=O) groups excluding carboxylic acids is 1. The number of ether oxygens (including phenoxy) is 2. The van der Waals surface area contributed by atoms with Gasteiger partial charge >= 0.3 is 0 Å². The molecule has 1 fully saturated rings. The molecule has 1 aromatic heterocycles. The molecule has 3 aromatic rings. The third kappa shape index (κ3) is 3.80. The molecule has 30 heavy (non-hydrogen) atoms. The Bertz CT molecular complexity index is 1040. The highest BCUT2D eigenvalue weighted by Crippen LogP contribution is 2.34. The van der Waals surface area contributed by atoms with E-state index >= 15 is 0 Å². The van der Waals surface area contributed by atoms with Crippen LogP contribution in [0, 0.1) is 5.82 Å². The first-order valence-corrected chi connectivity index (χ1v) is 9.58. The van der Waals surface area contributed by atoms with E-state index in [1.807, 2.05) is 4.90 Å². The number of benzene rings is 2. The van der Waals surface area contributed by atoms with Crippen molar-refractivity contribution in [2.24, 2.45) is 0 Å². The van der Waals surface area contributed by atoms with Crippen LogP contribution in [-0.2, 0) is 0 Å². The van der Waals surface area contributed by atoms with Crippen molar-refractivity contribution in [1.29, 1.82) is 0 Å². The van der Waals surface area contributed by atoms with Crippen molar-refractivity contribution in [3.8, 4) is 22.8 Å². The monoisotopic (exact) mass is 411 g/mol. The van der Waals surface area contributed by atoms with Crippen LogP contribution in [0.25, 0.3) is 11.3 Å². The molecule has 1 aliphatic heterocycles. The van der Waals surface area contributed by atoms with Crippen molar-refractivity contribution in [2.45, 2.75) is 0 Å². The van der Waals surface area contributed by atoms with E-state index < -0.39 is 0 Å². The van der Waals surface area contributed by atoms with Crippen molar-refractivity contribution in [1.82, 2.24) is 10.1 Å². The largest absolute Gasteiger partial charge is 0.497 e. The molecule has 8 heteroatoms. The van der Waals surface area contributed by atoms with Gasteiger partial charge in [0.2, 0.25) is 0 Å². The number of piperazine rings is 1. The Morgan fingerprint density at radius 2 is 1.80 bits per heavy atom. The molecule has 4 rings (SSSR count). The highest BCUT2D eigenvalue weighted by atomic mass is 19.1. The number of carbonyl (C=O) groups is 1. The smallest absolute Gasteiger partial charge is 0.276 e. The van der Waals surface area contributed by atoms with Gasteiger partial charge in [-0.2, -0.15) is 0 Å². The van der Waals surface area contributed by atoms with Crippen LogP contribution in [0.5, 0.6) is 11.5 Å². The summed E-state index contributed by atoms with van der Waals surface area (Å²) in [4.78, 5) is 16.5. The van der Waals surface area contributed by atoms with E-state index in [9.17, 15) is 9.18 Å². The zero-order valence-corrected chi connectivity index (χ0v) is 16.8. The van der Waals surface area contributed by atoms with Crippen LogP contribution in [0.15, 0.2) is 53.1 Å². The van der Waals surface area contributed by atoms with Crippen molar-refractivity contribution >= 4 is 11.6 Å². The van der Waals surface area contributed by atoms with Crippen LogP contribution in [0.3, 0.4) is 0 Å². The molecule has 0 saturated carbocycles. The Labute approximate surface area is 173 Å². The highest BCUT2D eigenvalue weighted by molar-refractivity contribution is 5.93. The second-order valence-corrected chi connectivity index (χ2v) is 6.87. The van der Waals surface area contributed by atoms with E-state index in [1.54, 1.807) is 61.6 Å². The van der Waals surface area contributed by atoms with Crippen molar-refractivity contribution < 1.29 is 23.2 Å². The van der Waals surface area contributed by atoms with Crippen LogP contribution in [-0.4, -0.2) is 56.4 Å². The van der Waals surface area contributed by atoms with Crippen molar-refractivity contribution in [3.05, 3.63) is 60.0 Å². The molecule has 1 amide bonds. The number of nitrogens with zero attached hydrogens (tertiary/aromatic N) is 3. The van der Waals surface area contributed by atoms with Crippen LogP contribution in [0.4, 0.5) is 10.1 Å². The Balaban J connectivity index is 1.47. The summed E-state index contributed by atoms with van der Waals surface area (Å²) >= 11 is 0. The van der Waals surface area contributed by atoms with Gasteiger partial charge in [-0.05, 0) is 30.3 Å². The number of aromatic nitrogens is 1. The third-order valence-corrected chi connectivity index (χ3v) is 5.16. The summed E-state index contributed by atoms with van der Waals surface area (Å²) in [5.41, 5.74) is 1.42. The Hall–Kier alpha value is -3.55. The third-order valence-electron chi connectivity index (χ3n) is 5.16. The maximum atomic E-state index is 14.0. The highest BCUT2D eigenvalue weighted by Gasteiger charge is 2.26. The lowest BCUT2D eigenvalue weighted by molar-refractivity contribution is 0.0736. The topological polar surface area (TPSA) is 68.0 Å². The van der Waals surface area contributed by atoms with E-state index in [4.69, 9.17) is 14.0 Å². The van der Waals surface area contributed by atoms with Crippen LogP contribution < -0.4 is 14.4 Å². The van der Waals surface area contributed by atoms with Gasteiger partial charge in [0.25, 0.3) is 5.91 Å². The molecule has 0 bridgehead atoms. The average Bonchev–Trinajstić information content (AvgIpc) is 3.29. The summed E-state index contributed by atoms with van der Waals surface area (Å²) < 4.78 is 30.1. The van der Waals surface area contributed by atoms with Crippen molar-refractivity contribution in [2.75, 3.05) is 45.3 Å². The lowest BCUT2D eigenvalue weighted by Gasteiger charge is -2.35. The molecule has 1 saturated heterocycles. The first-order chi connectivity index (χ1) is 14.6. The second-order valence-electron chi connectivity index (χ2n) is 6.87. The summed E-state index contributed by atoms with van der Waals surface area (Å²) in [7, 11) is 3.13. The van der Waals surface area contributed by atoms with Gasteiger partial charge in [0.05, 0.1) is 25.5 Å². The molecule has 0 unspecified atom stereocenters. The first kappa shape index (κ1) is 19.8. The van der Waals surface area contributed by atoms with Crippen LogP contribution in [0.2, 0.25) is 0 Å². The number of para-hydroxylation sites is 1. The molecule has 1 aliphatic rings. The molecule has 0 atom stereocenters. The zero-order chi connectivity index (χ0) is 21.1. The quantitative estimate of drug-likeness (QED) is 0.641. The molecule has 156 valence electrons. The minimum Gasteiger partial charge on any atom is -0.497 e. The van der Waals surface area contributed by atoms with Gasteiger partial charge in [-0.3, -0.25) is 4.79 Å². The van der Waals surface area contributed by atoms with Gasteiger partial charge in [-0.25, -0.2) is 4.39 Å². The number of hydrogen-bond acceptors (Lipinski definition) is 6. The zero-order valence-electron chi connectivity index (χ0n) is 16.8. The number of rotatable bonds is 5. The number of anilines is 1. The molecule has 0 spiro atoms. The first-order valence-electron chi connectivity index (χ1n) is 9.58. The molecule has 0 N–H and O–H groups in total. The normalized spacial score (nSPS) is 14.0. The van der Waals surface area contributed by atoms with Gasteiger partial charge in [-0.1, -0.05) is 17.3 Å². The summed E-state index contributed by atoms with van der Waals surface area (Å²) in [6.45, 7) is 2.03. The fraction of sp³-hybridized carbons (Fsp3) is 0.273. The van der Waals surface area contributed by atoms with Gasteiger partial charge in [0.1, 0.15) is 17.3 Å². The standard InChI is InChI=1S/C22H22FN3O4/c1-28-15-7-8-20(29-2)16(13-15)21-14-18(24-30-21)22(27)26-11-9-25(10-12-26)19-6-4-3-5-17(19)23/h3-8,13-14H,9-12H2,1-2H3. The van der Waals surface area contributed by atoms with E-state index in [0.29, 0.717) is 54.7 Å². The summed E-state index contributed by atoms with van der Waals surface area (Å²) in [6, 6.07) is 13.6. The lowest BCUT2D eigenvalue weighted by Crippen LogP contribution is -2.49. The predicted molar refractivity (Wildman–Crippen MR) is 110 cm³/mol. The van der Waals surface area contributed by atoms with Crippen molar-refractivity contribution in [3.63, 3.8) is 0 Å². The molecule has 7 nitrogen and oxygen atoms in total. The SMILES string of the molecule is COc1ccc(OC)c(-c2cc(C(=O)N3CCN(c4ccccc4F)CC3)no2)c1. The summed E-state index contributed by atoms with van der Waals surface area (Å²) in [6.07, 6.45) is 0. The second kappa shape index (κ2) is 8.44. The molecule has 2 heterocycles. The fourth-order valence-corrected chi connectivity index (χ4v) is 3.53.